The van der Waals surface area contributed by atoms with E-state index in [2.05, 4.69) is 20.0 Å². The fraction of sp³-hybridized carbons (Fsp3) is 0.250. The Morgan fingerprint density at radius 2 is 1.80 bits per heavy atom. The Balaban J connectivity index is 1.65. The number of carbonyl (C=O) groups is 2. The minimum absolute atomic E-state index is 0.00353. The maximum absolute atomic E-state index is 12.7. The summed E-state index contributed by atoms with van der Waals surface area (Å²) in [6.45, 7) is 3.06. The Bertz CT molecular complexity index is 1140. The zero-order valence-corrected chi connectivity index (χ0v) is 17.7. The molecule has 2 amide bonds. The quantitative estimate of drug-likeness (QED) is 0.529. The smallest absolute Gasteiger partial charge is 0.241 e. The molecule has 0 saturated heterocycles. The highest BCUT2D eigenvalue weighted by atomic mass is 32.2. The molecule has 0 aliphatic rings. The number of fused-ring (bicyclic) bond motifs is 1. The number of anilines is 1. The highest BCUT2D eigenvalue weighted by molar-refractivity contribution is 7.89. The van der Waals surface area contributed by atoms with Crippen LogP contribution in [-0.2, 0) is 26.2 Å². The van der Waals surface area contributed by atoms with Crippen molar-refractivity contribution in [3.63, 3.8) is 0 Å². The molecular weight excluding hydrogens is 406 g/mol. The lowest BCUT2D eigenvalue weighted by molar-refractivity contribution is -0.131. The lowest BCUT2D eigenvalue weighted by Crippen LogP contribution is -2.45. The van der Waals surface area contributed by atoms with Crippen LogP contribution in [0.2, 0.25) is 0 Å². The van der Waals surface area contributed by atoms with E-state index in [9.17, 15) is 18.0 Å². The van der Waals surface area contributed by atoms with E-state index < -0.39 is 22.0 Å². The van der Waals surface area contributed by atoms with Crippen molar-refractivity contribution >= 4 is 38.6 Å². The Morgan fingerprint density at radius 3 is 2.43 bits per heavy atom. The average molecular weight is 430 g/mol. The van der Waals surface area contributed by atoms with Gasteiger partial charge < -0.3 is 15.2 Å². The van der Waals surface area contributed by atoms with Crippen molar-refractivity contribution in [2.24, 2.45) is 0 Å². The average Bonchev–Trinajstić information content (AvgIpc) is 3.09. The molecule has 0 fully saturated rings. The molecule has 1 heterocycles. The monoisotopic (exact) mass is 429 g/mol. The molecule has 0 aliphatic heterocycles. The number of sulfonamides is 1. The molecular formula is C20H23N5O4S. The first kappa shape index (κ1) is 21.5. The van der Waals surface area contributed by atoms with Crippen LogP contribution in [0.5, 0.6) is 0 Å². The number of aromatic nitrogens is 2. The van der Waals surface area contributed by atoms with Crippen molar-refractivity contribution in [2.75, 3.05) is 12.4 Å². The van der Waals surface area contributed by atoms with E-state index >= 15 is 0 Å². The number of para-hydroxylation sites is 2. The molecule has 30 heavy (non-hydrogen) atoms. The van der Waals surface area contributed by atoms with Gasteiger partial charge in [-0.25, -0.2) is 13.4 Å². The largest absolute Gasteiger partial charge is 0.340 e. The number of hydrogen-bond donors (Lipinski definition) is 3. The van der Waals surface area contributed by atoms with E-state index in [-0.39, 0.29) is 17.3 Å². The Hall–Kier alpha value is -3.24. The number of imidazole rings is 1. The Kier molecular flexibility index (Phi) is 6.18. The van der Waals surface area contributed by atoms with Crippen LogP contribution in [0.25, 0.3) is 11.0 Å². The lowest BCUT2D eigenvalue weighted by atomic mass is 10.3. The Labute approximate surface area is 174 Å². The fourth-order valence-electron chi connectivity index (χ4n) is 2.99. The standard InChI is InChI=1S/C20H23N5O4S/c1-13(24-30(28,29)16-10-8-15(9-11-16)21-14(2)26)20(27)25(3)12-19-22-17-6-4-5-7-18(17)23-19/h4-11,13,24H,12H2,1-3H3,(H,21,26)(H,22,23)/t13-/m0/s1. The number of nitrogens with zero attached hydrogens (tertiary/aromatic N) is 2. The maximum atomic E-state index is 12.7. The van der Waals surface area contributed by atoms with E-state index in [4.69, 9.17) is 0 Å². The van der Waals surface area contributed by atoms with Crippen LogP contribution in [0.15, 0.2) is 53.4 Å². The molecule has 0 spiro atoms. The molecule has 2 aromatic carbocycles. The van der Waals surface area contributed by atoms with Crippen LogP contribution in [0.3, 0.4) is 0 Å². The van der Waals surface area contributed by atoms with Crippen molar-refractivity contribution in [1.82, 2.24) is 19.6 Å². The van der Waals surface area contributed by atoms with E-state index in [0.29, 0.717) is 11.5 Å². The van der Waals surface area contributed by atoms with Crippen molar-refractivity contribution in [3.05, 3.63) is 54.4 Å². The molecule has 9 nitrogen and oxygen atoms in total. The normalized spacial score (nSPS) is 12.5. The number of nitrogens with one attached hydrogen (secondary N) is 3. The summed E-state index contributed by atoms with van der Waals surface area (Å²) in [5.41, 5.74) is 2.14. The van der Waals surface area contributed by atoms with Gasteiger partial charge in [0, 0.05) is 19.7 Å². The van der Waals surface area contributed by atoms with Gasteiger partial charge in [-0.1, -0.05) is 12.1 Å². The molecule has 3 aromatic rings. The number of rotatable bonds is 7. The second-order valence-electron chi connectivity index (χ2n) is 6.94. The molecule has 3 rings (SSSR count). The number of likely N-dealkylation sites (N-methyl/N-ethyl adjacent to an activating group) is 1. The van der Waals surface area contributed by atoms with Gasteiger partial charge in [0.05, 0.1) is 28.5 Å². The topological polar surface area (TPSA) is 124 Å². The molecule has 10 heteroatoms. The number of hydrogen-bond acceptors (Lipinski definition) is 5. The van der Waals surface area contributed by atoms with Crippen LogP contribution in [0, 0.1) is 0 Å². The zero-order chi connectivity index (χ0) is 21.9. The van der Waals surface area contributed by atoms with Gasteiger partial charge in [0.15, 0.2) is 0 Å². The van der Waals surface area contributed by atoms with E-state index in [1.54, 1.807) is 7.05 Å². The molecule has 0 saturated carbocycles. The van der Waals surface area contributed by atoms with Gasteiger partial charge in [-0.15, -0.1) is 0 Å². The van der Waals surface area contributed by atoms with Crippen LogP contribution >= 0.6 is 0 Å². The summed E-state index contributed by atoms with van der Waals surface area (Å²) >= 11 is 0. The zero-order valence-electron chi connectivity index (χ0n) is 16.8. The van der Waals surface area contributed by atoms with Gasteiger partial charge in [0.1, 0.15) is 5.82 Å². The summed E-state index contributed by atoms with van der Waals surface area (Å²) in [6.07, 6.45) is 0. The van der Waals surface area contributed by atoms with Gasteiger partial charge in [-0.05, 0) is 43.3 Å². The summed E-state index contributed by atoms with van der Waals surface area (Å²) in [5.74, 6) is -0.0417. The first-order valence-corrected chi connectivity index (χ1v) is 10.7. The summed E-state index contributed by atoms with van der Waals surface area (Å²) in [6, 6.07) is 12.2. The van der Waals surface area contributed by atoms with E-state index in [0.717, 1.165) is 11.0 Å². The van der Waals surface area contributed by atoms with Crippen molar-refractivity contribution in [2.45, 2.75) is 31.3 Å². The predicted molar refractivity (Wildman–Crippen MR) is 113 cm³/mol. The van der Waals surface area contributed by atoms with E-state index in [1.165, 1.54) is 43.0 Å². The van der Waals surface area contributed by atoms with Crippen LogP contribution < -0.4 is 10.0 Å². The summed E-state index contributed by atoms with van der Waals surface area (Å²) in [7, 11) is -2.32. The fourth-order valence-corrected chi connectivity index (χ4v) is 4.18. The van der Waals surface area contributed by atoms with Crippen molar-refractivity contribution in [3.8, 4) is 0 Å². The third kappa shape index (κ3) is 5.02. The van der Waals surface area contributed by atoms with Crippen molar-refractivity contribution < 1.29 is 18.0 Å². The second kappa shape index (κ2) is 8.64. The number of H-pyrrole nitrogens is 1. The van der Waals surface area contributed by atoms with Gasteiger partial charge in [0.25, 0.3) is 0 Å². The van der Waals surface area contributed by atoms with Crippen LogP contribution in [0.4, 0.5) is 5.69 Å². The molecule has 158 valence electrons. The third-order valence-electron chi connectivity index (χ3n) is 4.39. The lowest BCUT2D eigenvalue weighted by Gasteiger charge is -2.21. The molecule has 1 aromatic heterocycles. The van der Waals surface area contributed by atoms with Gasteiger partial charge in [-0.2, -0.15) is 4.72 Å². The van der Waals surface area contributed by atoms with Gasteiger partial charge in [-0.3, -0.25) is 9.59 Å². The summed E-state index contributed by atoms with van der Waals surface area (Å²) in [5, 5.41) is 2.57. The van der Waals surface area contributed by atoms with Gasteiger partial charge in [0.2, 0.25) is 21.8 Å². The molecule has 0 aliphatic carbocycles. The maximum Gasteiger partial charge on any atom is 0.241 e. The SMILES string of the molecule is CC(=O)Nc1ccc(S(=O)(=O)N[C@@H](C)C(=O)N(C)Cc2nc3ccccc3[nH]2)cc1. The van der Waals surface area contributed by atoms with E-state index in [1.807, 2.05) is 24.3 Å². The van der Waals surface area contributed by atoms with Crippen LogP contribution in [-0.4, -0.2) is 48.2 Å². The number of benzene rings is 2. The summed E-state index contributed by atoms with van der Waals surface area (Å²) < 4.78 is 27.6. The highest BCUT2D eigenvalue weighted by Gasteiger charge is 2.25. The number of carbonyl (C=O) groups excluding carboxylic acids is 2. The third-order valence-corrected chi connectivity index (χ3v) is 5.95. The first-order chi connectivity index (χ1) is 14.2. The molecule has 0 unspecified atom stereocenters. The molecule has 0 radical (unpaired) electrons. The molecule has 3 N–H and O–H groups in total. The molecule has 1 atom stereocenters. The van der Waals surface area contributed by atoms with Crippen LogP contribution in [0.1, 0.15) is 19.7 Å². The minimum Gasteiger partial charge on any atom is -0.340 e. The molecule has 0 bridgehead atoms. The summed E-state index contributed by atoms with van der Waals surface area (Å²) in [4.78, 5) is 32.7. The number of amides is 2. The van der Waals surface area contributed by atoms with Gasteiger partial charge >= 0.3 is 0 Å². The Morgan fingerprint density at radius 1 is 1.13 bits per heavy atom. The number of aromatic amines is 1. The van der Waals surface area contributed by atoms with Crippen molar-refractivity contribution in [1.29, 1.82) is 0 Å². The predicted octanol–water partition coefficient (Wildman–Crippen LogP) is 1.85. The highest BCUT2D eigenvalue weighted by Crippen LogP contribution is 2.15. The second-order valence-corrected chi connectivity index (χ2v) is 8.66. The first-order valence-electron chi connectivity index (χ1n) is 9.24. The minimum atomic E-state index is -3.91.